The molecule has 8 nitrogen and oxygen atoms in total. The van der Waals surface area contributed by atoms with E-state index in [9.17, 15) is 10.1 Å². The van der Waals surface area contributed by atoms with Crippen molar-refractivity contribution >= 4 is 11.6 Å². The summed E-state index contributed by atoms with van der Waals surface area (Å²) in [5, 5.41) is 10.9. The van der Waals surface area contributed by atoms with Crippen molar-refractivity contribution in [1.82, 2.24) is 9.97 Å². The van der Waals surface area contributed by atoms with Gasteiger partial charge in [-0.3, -0.25) is 10.1 Å². The van der Waals surface area contributed by atoms with E-state index in [4.69, 9.17) is 14.9 Å². The normalized spacial score (nSPS) is 10.3. The SMILES string of the molecule is Cc1nc(N)nc(OCc2ccco2)c1[N+](=O)[O-]. The second-order valence-corrected chi connectivity index (χ2v) is 3.45. The molecular formula is C10H10N4O4. The quantitative estimate of drug-likeness (QED) is 0.644. The highest BCUT2D eigenvalue weighted by Crippen LogP contribution is 2.28. The average Bonchev–Trinajstić information content (AvgIpc) is 2.77. The minimum absolute atomic E-state index is 0.0315. The highest BCUT2D eigenvalue weighted by molar-refractivity contribution is 5.47. The molecule has 0 fully saturated rings. The van der Waals surface area contributed by atoms with Crippen molar-refractivity contribution in [3.63, 3.8) is 0 Å². The Morgan fingerprint density at radius 2 is 2.33 bits per heavy atom. The number of rotatable bonds is 4. The van der Waals surface area contributed by atoms with Crippen LogP contribution in [0.2, 0.25) is 0 Å². The lowest BCUT2D eigenvalue weighted by Crippen LogP contribution is -2.06. The number of aromatic nitrogens is 2. The molecule has 2 heterocycles. The number of aryl methyl sites for hydroxylation is 1. The lowest BCUT2D eigenvalue weighted by molar-refractivity contribution is -0.387. The van der Waals surface area contributed by atoms with Gasteiger partial charge in [0.15, 0.2) is 0 Å². The topological polar surface area (TPSA) is 117 Å². The van der Waals surface area contributed by atoms with Crippen LogP contribution < -0.4 is 10.5 Å². The van der Waals surface area contributed by atoms with Crippen LogP contribution in [0, 0.1) is 17.0 Å². The molecule has 0 aliphatic heterocycles. The molecule has 0 spiro atoms. The zero-order valence-electron chi connectivity index (χ0n) is 9.49. The van der Waals surface area contributed by atoms with Crippen LogP contribution in [0.3, 0.4) is 0 Å². The van der Waals surface area contributed by atoms with Gasteiger partial charge >= 0.3 is 5.69 Å². The number of furan rings is 1. The van der Waals surface area contributed by atoms with Gasteiger partial charge in [0, 0.05) is 0 Å². The van der Waals surface area contributed by atoms with Crippen LogP contribution in [0.4, 0.5) is 11.6 Å². The van der Waals surface area contributed by atoms with Crippen LogP contribution in [0.25, 0.3) is 0 Å². The van der Waals surface area contributed by atoms with Crippen molar-refractivity contribution in [2.75, 3.05) is 5.73 Å². The largest absolute Gasteiger partial charge is 0.466 e. The van der Waals surface area contributed by atoms with Crippen molar-refractivity contribution in [3.05, 3.63) is 40.0 Å². The predicted molar refractivity (Wildman–Crippen MR) is 60.9 cm³/mol. The van der Waals surface area contributed by atoms with Crippen LogP contribution in [-0.2, 0) is 6.61 Å². The van der Waals surface area contributed by atoms with Crippen molar-refractivity contribution in [2.45, 2.75) is 13.5 Å². The Morgan fingerprint density at radius 3 is 2.94 bits per heavy atom. The van der Waals surface area contributed by atoms with Crippen LogP contribution >= 0.6 is 0 Å². The number of nitrogens with zero attached hydrogens (tertiary/aromatic N) is 3. The smallest absolute Gasteiger partial charge is 0.352 e. The number of nitrogens with two attached hydrogens (primary N) is 1. The molecule has 8 heteroatoms. The zero-order chi connectivity index (χ0) is 13.1. The number of ether oxygens (including phenoxy) is 1. The summed E-state index contributed by atoms with van der Waals surface area (Å²) in [4.78, 5) is 17.7. The van der Waals surface area contributed by atoms with E-state index in [2.05, 4.69) is 9.97 Å². The first-order valence-corrected chi connectivity index (χ1v) is 5.01. The van der Waals surface area contributed by atoms with Crippen molar-refractivity contribution < 1.29 is 14.1 Å². The standard InChI is InChI=1S/C10H10N4O4/c1-6-8(14(15)16)9(13-10(11)12-6)18-5-7-3-2-4-17-7/h2-4H,5H2,1H3,(H2,11,12,13). The zero-order valence-corrected chi connectivity index (χ0v) is 9.49. The molecule has 94 valence electrons. The Kier molecular flexibility index (Phi) is 3.09. The fourth-order valence-electron chi connectivity index (χ4n) is 1.41. The fraction of sp³-hybridized carbons (Fsp3) is 0.200. The third-order valence-corrected chi connectivity index (χ3v) is 2.16. The average molecular weight is 250 g/mol. The van der Waals surface area contributed by atoms with Gasteiger partial charge in [0.2, 0.25) is 5.95 Å². The summed E-state index contributed by atoms with van der Waals surface area (Å²) in [6.45, 7) is 1.50. The van der Waals surface area contributed by atoms with Gasteiger partial charge in [0.05, 0.1) is 11.2 Å². The number of hydrogen-bond donors (Lipinski definition) is 1. The molecule has 0 atom stereocenters. The minimum atomic E-state index is -0.605. The summed E-state index contributed by atoms with van der Waals surface area (Å²) in [7, 11) is 0. The van der Waals surface area contributed by atoms with Gasteiger partial charge in [-0.2, -0.15) is 4.98 Å². The summed E-state index contributed by atoms with van der Waals surface area (Å²) in [6, 6.07) is 3.37. The fourth-order valence-corrected chi connectivity index (χ4v) is 1.41. The summed E-state index contributed by atoms with van der Waals surface area (Å²) in [6.07, 6.45) is 1.48. The number of nitro groups is 1. The molecule has 2 aromatic heterocycles. The molecule has 2 rings (SSSR count). The van der Waals surface area contributed by atoms with Crippen LogP contribution in [0.1, 0.15) is 11.5 Å². The lowest BCUT2D eigenvalue weighted by atomic mass is 10.3. The van der Waals surface area contributed by atoms with E-state index in [0.717, 1.165) is 0 Å². The van der Waals surface area contributed by atoms with E-state index in [0.29, 0.717) is 5.76 Å². The Balaban J connectivity index is 2.28. The van der Waals surface area contributed by atoms with Crippen LogP contribution in [0.5, 0.6) is 5.88 Å². The molecule has 0 aliphatic rings. The minimum Gasteiger partial charge on any atom is -0.466 e. The predicted octanol–water partition coefficient (Wildman–Crippen LogP) is 1.45. The van der Waals surface area contributed by atoms with Gasteiger partial charge in [-0.05, 0) is 19.1 Å². The first-order valence-electron chi connectivity index (χ1n) is 5.01. The second-order valence-electron chi connectivity index (χ2n) is 3.45. The monoisotopic (exact) mass is 250 g/mol. The summed E-state index contributed by atoms with van der Waals surface area (Å²) < 4.78 is 10.3. The molecule has 0 radical (unpaired) electrons. The molecule has 0 saturated heterocycles. The highest BCUT2D eigenvalue weighted by Gasteiger charge is 2.23. The molecule has 18 heavy (non-hydrogen) atoms. The Bertz CT molecular complexity index is 568. The van der Waals surface area contributed by atoms with Crippen LogP contribution in [0.15, 0.2) is 22.8 Å². The highest BCUT2D eigenvalue weighted by atomic mass is 16.6. The molecule has 0 aromatic carbocycles. The van der Waals surface area contributed by atoms with E-state index < -0.39 is 4.92 Å². The Morgan fingerprint density at radius 1 is 1.56 bits per heavy atom. The first-order chi connectivity index (χ1) is 8.58. The summed E-state index contributed by atoms with van der Waals surface area (Å²) in [5.41, 5.74) is 5.29. The molecular weight excluding hydrogens is 240 g/mol. The molecule has 0 bridgehead atoms. The molecule has 0 unspecified atom stereocenters. The van der Waals surface area contributed by atoms with Crippen molar-refractivity contribution in [2.24, 2.45) is 0 Å². The number of hydrogen-bond acceptors (Lipinski definition) is 7. The number of anilines is 1. The van der Waals surface area contributed by atoms with Gasteiger partial charge < -0.3 is 14.9 Å². The van der Waals surface area contributed by atoms with E-state index in [-0.39, 0.29) is 29.8 Å². The first kappa shape index (κ1) is 11.8. The second kappa shape index (κ2) is 4.70. The molecule has 2 N–H and O–H groups in total. The maximum absolute atomic E-state index is 10.9. The Labute approximate surface area is 102 Å². The van der Waals surface area contributed by atoms with Gasteiger partial charge in [0.25, 0.3) is 5.88 Å². The van der Waals surface area contributed by atoms with Gasteiger partial charge in [0.1, 0.15) is 18.1 Å². The summed E-state index contributed by atoms with van der Waals surface area (Å²) in [5.74, 6) is 0.285. The van der Waals surface area contributed by atoms with Gasteiger partial charge in [-0.1, -0.05) is 0 Å². The van der Waals surface area contributed by atoms with Gasteiger partial charge in [-0.15, -0.1) is 0 Å². The van der Waals surface area contributed by atoms with E-state index in [1.807, 2.05) is 0 Å². The Hall–Kier alpha value is -2.64. The molecule has 0 amide bonds. The van der Waals surface area contributed by atoms with E-state index >= 15 is 0 Å². The van der Waals surface area contributed by atoms with Crippen molar-refractivity contribution in [1.29, 1.82) is 0 Å². The third kappa shape index (κ3) is 2.37. The van der Waals surface area contributed by atoms with E-state index in [1.54, 1.807) is 12.1 Å². The van der Waals surface area contributed by atoms with Crippen molar-refractivity contribution in [3.8, 4) is 5.88 Å². The maximum atomic E-state index is 10.9. The molecule has 2 aromatic rings. The maximum Gasteiger partial charge on any atom is 0.352 e. The van der Waals surface area contributed by atoms with Crippen LogP contribution in [-0.4, -0.2) is 14.9 Å². The number of nitrogen functional groups attached to an aromatic ring is 1. The van der Waals surface area contributed by atoms with E-state index in [1.165, 1.54) is 13.2 Å². The molecule has 0 aliphatic carbocycles. The molecule has 0 saturated carbocycles. The van der Waals surface area contributed by atoms with Gasteiger partial charge in [-0.25, -0.2) is 4.98 Å². The third-order valence-electron chi connectivity index (χ3n) is 2.16. The summed E-state index contributed by atoms with van der Waals surface area (Å²) >= 11 is 0. The lowest BCUT2D eigenvalue weighted by Gasteiger charge is -2.06.